The van der Waals surface area contributed by atoms with Crippen LogP contribution in [0.2, 0.25) is 0 Å². The van der Waals surface area contributed by atoms with E-state index in [4.69, 9.17) is 14.6 Å². The highest BCUT2D eigenvalue weighted by Crippen LogP contribution is 2.41. The Morgan fingerprint density at radius 3 is 2.67 bits per heavy atom. The van der Waals surface area contributed by atoms with E-state index in [9.17, 15) is 4.79 Å². The number of nitrogens with one attached hydrogen (secondary N) is 1. The van der Waals surface area contributed by atoms with Crippen molar-refractivity contribution in [1.82, 2.24) is 0 Å². The van der Waals surface area contributed by atoms with Crippen LogP contribution in [0.1, 0.15) is 10.4 Å². The summed E-state index contributed by atoms with van der Waals surface area (Å²) in [7, 11) is 1.37. The zero-order valence-electron chi connectivity index (χ0n) is 14.7. The highest BCUT2D eigenvalue weighted by atomic mass is 16.5. The van der Waals surface area contributed by atoms with Gasteiger partial charge in [-0.2, -0.15) is 0 Å². The molecule has 0 fully saturated rings. The van der Waals surface area contributed by atoms with Gasteiger partial charge in [0.2, 0.25) is 0 Å². The number of hydrogen-bond acceptors (Lipinski definition) is 5. The van der Waals surface area contributed by atoms with Crippen LogP contribution in [0.3, 0.4) is 0 Å². The summed E-state index contributed by atoms with van der Waals surface area (Å²) in [5.41, 5.74) is 4.16. The molecule has 1 heterocycles. The number of fused-ring (bicyclic) bond motifs is 2. The van der Waals surface area contributed by atoms with Crippen molar-refractivity contribution in [1.29, 1.82) is 5.41 Å². The van der Waals surface area contributed by atoms with Gasteiger partial charge in [0.05, 0.1) is 23.7 Å². The van der Waals surface area contributed by atoms with Crippen LogP contribution in [0, 0.1) is 5.41 Å². The molecule has 27 heavy (non-hydrogen) atoms. The zero-order chi connectivity index (χ0) is 19.0. The van der Waals surface area contributed by atoms with Crippen LogP contribution in [0.25, 0.3) is 33.4 Å². The minimum Gasteiger partial charge on any atom is -0.465 e. The number of esters is 1. The van der Waals surface area contributed by atoms with Gasteiger partial charge in [0.25, 0.3) is 0 Å². The van der Waals surface area contributed by atoms with Gasteiger partial charge in [0, 0.05) is 28.6 Å². The zero-order valence-corrected chi connectivity index (χ0v) is 14.7. The van der Waals surface area contributed by atoms with E-state index >= 15 is 0 Å². The van der Waals surface area contributed by atoms with Gasteiger partial charge >= 0.3 is 5.97 Å². The average Bonchev–Trinajstić information content (AvgIpc) is 2.70. The van der Waals surface area contributed by atoms with Crippen molar-refractivity contribution in [3.05, 3.63) is 71.6 Å². The van der Waals surface area contributed by atoms with E-state index in [1.165, 1.54) is 7.11 Å². The first-order chi connectivity index (χ1) is 13.1. The summed E-state index contributed by atoms with van der Waals surface area (Å²) in [4.78, 5) is 16.3. The summed E-state index contributed by atoms with van der Waals surface area (Å²) < 4.78 is 11.0. The van der Waals surface area contributed by atoms with Crippen LogP contribution in [0.4, 0.5) is 5.69 Å². The second-order valence-corrected chi connectivity index (χ2v) is 6.06. The molecule has 2 aromatic carbocycles. The molecule has 1 aliphatic carbocycles. The molecule has 132 valence electrons. The number of carbonyl (C=O) groups excluding carboxylic acids is 1. The lowest BCUT2D eigenvalue weighted by atomic mass is 9.90. The molecule has 1 N–H and O–H groups in total. The van der Waals surface area contributed by atoms with E-state index in [2.05, 4.69) is 11.7 Å². The predicted octanol–water partition coefficient (Wildman–Crippen LogP) is 4.80. The molecular formula is C22H16N2O3. The Morgan fingerprint density at radius 2 is 1.89 bits per heavy atom. The molecule has 0 atom stereocenters. The summed E-state index contributed by atoms with van der Waals surface area (Å²) >= 11 is 0. The third kappa shape index (κ3) is 2.79. The number of aliphatic imine (C=N–C) groups is 1. The standard InChI is InChI=1S/C22H16N2O3/c1-24-14-8-10-18-20(12-14)27-19-11-13(23)7-9-17(19)21(18)15-5-3-4-6-16(15)22(25)26-2/h3-12,23H,1H2,2H3. The molecule has 5 nitrogen and oxygen atoms in total. The van der Waals surface area contributed by atoms with Crippen LogP contribution in [-0.2, 0) is 4.74 Å². The molecule has 0 spiro atoms. The molecule has 2 aromatic rings. The van der Waals surface area contributed by atoms with Crippen molar-refractivity contribution in [3.63, 3.8) is 0 Å². The van der Waals surface area contributed by atoms with Gasteiger partial charge < -0.3 is 14.6 Å². The molecule has 4 rings (SSSR count). The van der Waals surface area contributed by atoms with Gasteiger partial charge in [0.15, 0.2) is 0 Å². The molecule has 0 amide bonds. The van der Waals surface area contributed by atoms with Gasteiger partial charge in [-0.25, -0.2) is 4.79 Å². The minimum absolute atomic E-state index is 0.343. The maximum Gasteiger partial charge on any atom is 0.338 e. The molecule has 0 saturated heterocycles. The van der Waals surface area contributed by atoms with Crippen LogP contribution >= 0.6 is 0 Å². The van der Waals surface area contributed by atoms with Gasteiger partial charge in [-0.1, -0.05) is 18.2 Å². The molecule has 0 radical (unpaired) electrons. The fourth-order valence-electron chi connectivity index (χ4n) is 3.26. The van der Waals surface area contributed by atoms with E-state index in [0.717, 1.165) is 22.1 Å². The minimum atomic E-state index is -0.408. The predicted molar refractivity (Wildman–Crippen MR) is 105 cm³/mol. The van der Waals surface area contributed by atoms with E-state index in [0.29, 0.717) is 28.0 Å². The van der Waals surface area contributed by atoms with Gasteiger partial charge in [-0.3, -0.25) is 4.99 Å². The lowest BCUT2D eigenvalue weighted by Gasteiger charge is -2.17. The number of benzene rings is 3. The van der Waals surface area contributed by atoms with Crippen molar-refractivity contribution in [2.45, 2.75) is 0 Å². The molecule has 0 saturated carbocycles. The van der Waals surface area contributed by atoms with Crippen LogP contribution in [0.5, 0.6) is 0 Å². The fourth-order valence-corrected chi connectivity index (χ4v) is 3.26. The Bertz CT molecular complexity index is 1220. The highest BCUT2D eigenvalue weighted by Gasteiger charge is 2.21. The van der Waals surface area contributed by atoms with Gasteiger partial charge in [-0.15, -0.1) is 0 Å². The first-order valence-electron chi connectivity index (χ1n) is 8.32. The van der Waals surface area contributed by atoms with Gasteiger partial charge in [-0.05, 0) is 42.6 Å². The quantitative estimate of drug-likeness (QED) is 0.325. The third-order valence-corrected chi connectivity index (χ3v) is 4.49. The third-order valence-electron chi connectivity index (χ3n) is 4.49. The second kappa shape index (κ2) is 6.53. The Labute approximate surface area is 155 Å². The smallest absolute Gasteiger partial charge is 0.338 e. The van der Waals surface area contributed by atoms with E-state index in [1.54, 1.807) is 30.3 Å². The van der Waals surface area contributed by atoms with Crippen molar-refractivity contribution in [2.24, 2.45) is 4.99 Å². The molecule has 0 aromatic heterocycles. The Balaban J connectivity index is 2.18. The first kappa shape index (κ1) is 16.7. The molecular weight excluding hydrogens is 340 g/mol. The van der Waals surface area contributed by atoms with Crippen molar-refractivity contribution in [2.75, 3.05) is 7.11 Å². The lowest BCUT2D eigenvalue weighted by Crippen LogP contribution is -2.05. The molecule has 1 aliphatic heterocycles. The maximum absolute atomic E-state index is 12.3. The Kier molecular flexibility index (Phi) is 4.05. The number of hydrogen-bond donors (Lipinski definition) is 1. The molecule has 0 unspecified atom stereocenters. The number of rotatable bonds is 3. The van der Waals surface area contributed by atoms with Crippen molar-refractivity contribution >= 4 is 29.3 Å². The Morgan fingerprint density at radius 1 is 1.07 bits per heavy atom. The topological polar surface area (TPSA) is 75.7 Å². The highest BCUT2D eigenvalue weighted by molar-refractivity contribution is 6.08. The number of ether oxygens (including phenoxy) is 1. The SMILES string of the molecule is C=Nc1ccc2c(-c3ccccc3C(=O)OC)c3ccc(=N)cc-3oc2c1. The van der Waals surface area contributed by atoms with Crippen molar-refractivity contribution in [3.8, 4) is 22.5 Å². The van der Waals surface area contributed by atoms with E-state index in [-0.39, 0.29) is 0 Å². The van der Waals surface area contributed by atoms with Gasteiger partial charge in [0.1, 0.15) is 11.3 Å². The number of carbonyl (C=O) groups is 1. The summed E-state index contributed by atoms with van der Waals surface area (Å²) in [6.07, 6.45) is 0. The van der Waals surface area contributed by atoms with Crippen LogP contribution in [0.15, 0.2) is 70.1 Å². The molecule has 5 heteroatoms. The molecule has 0 bridgehead atoms. The average molecular weight is 356 g/mol. The summed E-state index contributed by atoms with van der Waals surface area (Å²) in [6.45, 7) is 3.56. The second-order valence-electron chi connectivity index (χ2n) is 6.06. The van der Waals surface area contributed by atoms with Crippen molar-refractivity contribution < 1.29 is 13.9 Å². The normalized spacial score (nSPS) is 10.9. The summed E-state index contributed by atoms with van der Waals surface area (Å²) in [5, 5.41) is 9.10. The fraction of sp³-hybridized carbons (Fsp3) is 0.0455. The van der Waals surface area contributed by atoms with Crippen LogP contribution in [-0.4, -0.2) is 19.8 Å². The summed E-state index contributed by atoms with van der Waals surface area (Å²) in [6, 6.07) is 18.0. The molecule has 2 aliphatic rings. The number of methoxy groups -OCH3 is 1. The Hall–Kier alpha value is -3.73. The lowest BCUT2D eigenvalue weighted by molar-refractivity contribution is 0.0601. The summed E-state index contributed by atoms with van der Waals surface area (Å²) in [5.74, 6) is 0.153. The largest absolute Gasteiger partial charge is 0.465 e. The monoisotopic (exact) mass is 356 g/mol. The first-order valence-corrected chi connectivity index (χ1v) is 8.32. The maximum atomic E-state index is 12.3. The number of nitrogens with zero attached hydrogens (tertiary/aromatic N) is 1. The van der Waals surface area contributed by atoms with E-state index < -0.39 is 5.97 Å². The van der Waals surface area contributed by atoms with E-state index in [1.807, 2.05) is 30.3 Å². The van der Waals surface area contributed by atoms with Crippen LogP contribution < -0.4 is 5.36 Å².